The van der Waals surface area contributed by atoms with Crippen LogP contribution in [-0.4, -0.2) is 95.2 Å². The van der Waals surface area contributed by atoms with Crippen LogP contribution in [0, 0.1) is 5.92 Å². The Balaban J connectivity index is 1.21. The Morgan fingerprint density at radius 3 is 2.27 bits per heavy atom. The Morgan fingerprint density at radius 1 is 0.918 bits per heavy atom. The van der Waals surface area contributed by atoms with Crippen LogP contribution in [0.2, 0.25) is 0 Å². The highest BCUT2D eigenvalue weighted by molar-refractivity contribution is 9.10. The topological polar surface area (TPSA) is 91.9 Å². The van der Waals surface area contributed by atoms with Crippen LogP contribution in [0.1, 0.15) is 79.7 Å². The number of piperidine rings is 1. The zero-order valence-electron chi connectivity index (χ0n) is 30.2. The second-order valence-corrected chi connectivity index (χ2v) is 16.2. The molecular formula is C38H53BrN4O6. The van der Waals surface area contributed by atoms with E-state index in [9.17, 15) is 14.4 Å². The Hall–Kier alpha value is -3.47. The van der Waals surface area contributed by atoms with Gasteiger partial charge in [-0.3, -0.25) is 9.59 Å². The molecule has 0 radical (unpaired) electrons. The van der Waals surface area contributed by atoms with Gasteiger partial charge in [0.25, 0.3) is 5.91 Å². The molecule has 0 bridgehead atoms. The van der Waals surface area contributed by atoms with Gasteiger partial charge in [-0.05, 0) is 98.4 Å². The first-order chi connectivity index (χ1) is 23.1. The van der Waals surface area contributed by atoms with Gasteiger partial charge in [-0.2, -0.15) is 0 Å². The molecule has 49 heavy (non-hydrogen) atoms. The van der Waals surface area contributed by atoms with Crippen molar-refractivity contribution in [2.75, 3.05) is 44.2 Å². The van der Waals surface area contributed by atoms with Crippen molar-refractivity contribution in [3.8, 4) is 11.5 Å². The van der Waals surface area contributed by atoms with Crippen LogP contribution in [0.15, 0.2) is 46.9 Å². The summed E-state index contributed by atoms with van der Waals surface area (Å²) in [6.07, 6.45) is 3.52. The molecule has 2 aliphatic heterocycles. The molecule has 2 aromatic rings. The number of carbonyl (C=O) groups is 3. The second kappa shape index (κ2) is 15.2. The van der Waals surface area contributed by atoms with Crippen LogP contribution in [0.4, 0.5) is 10.5 Å². The molecule has 1 saturated carbocycles. The minimum Gasteiger partial charge on any atom is -0.491 e. The molecule has 3 fully saturated rings. The number of piperazine rings is 1. The monoisotopic (exact) mass is 740 g/mol. The molecule has 0 unspecified atom stereocenters. The van der Waals surface area contributed by atoms with E-state index in [1.807, 2.05) is 71.0 Å². The van der Waals surface area contributed by atoms with Crippen LogP contribution in [0.5, 0.6) is 11.5 Å². The van der Waals surface area contributed by atoms with Crippen molar-refractivity contribution in [2.24, 2.45) is 5.92 Å². The first-order valence-corrected chi connectivity index (χ1v) is 18.5. The van der Waals surface area contributed by atoms with Crippen molar-refractivity contribution in [1.82, 2.24) is 14.7 Å². The Bertz CT molecular complexity index is 1500. The summed E-state index contributed by atoms with van der Waals surface area (Å²) in [6, 6.07) is 14.2. The maximum absolute atomic E-state index is 14.1. The Kier molecular flexibility index (Phi) is 11.4. The van der Waals surface area contributed by atoms with Crippen molar-refractivity contribution in [2.45, 2.75) is 104 Å². The van der Waals surface area contributed by atoms with Crippen LogP contribution < -0.4 is 14.4 Å². The average molecular weight is 742 g/mol. The van der Waals surface area contributed by atoms with E-state index in [1.54, 1.807) is 23.6 Å². The fourth-order valence-electron chi connectivity index (χ4n) is 6.51. The average Bonchev–Trinajstić information content (AvgIpc) is 3.88. The Labute approximate surface area is 300 Å². The molecule has 268 valence electrons. The number of amides is 3. The maximum Gasteiger partial charge on any atom is 0.410 e. The zero-order chi connectivity index (χ0) is 35.5. The molecule has 0 aromatic heterocycles. The van der Waals surface area contributed by atoms with E-state index in [0.29, 0.717) is 45.0 Å². The summed E-state index contributed by atoms with van der Waals surface area (Å²) in [4.78, 5) is 47.9. The number of ether oxygens (including phenoxy) is 3. The normalized spacial score (nSPS) is 18.7. The first kappa shape index (κ1) is 36.8. The van der Waals surface area contributed by atoms with Gasteiger partial charge in [0.05, 0.1) is 12.0 Å². The minimum absolute atomic E-state index is 0.0370. The maximum atomic E-state index is 14.1. The lowest BCUT2D eigenvalue weighted by Crippen LogP contribution is -2.57. The lowest BCUT2D eigenvalue weighted by Gasteiger charge is -2.39. The summed E-state index contributed by atoms with van der Waals surface area (Å²) in [5.74, 6) is 1.38. The summed E-state index contributed by atoms with van der Waals surface area (Å²) in [6.45, 7) is 16.8. The summed E-state index contributed by atoms with van der Waals surface area (Å²) in [5, 5.41) is 0. The van der Waals surface area contributed by atoms with Gasteiger partial charge in [0.2, 0.25) is 5.91 Å². The third-order valence-corrected chi connectivity index (χ3v) is 9.56. The SMILES string of the molecule is CC(C)Oc1cc(Br)ccc1CN(C(=O)[C@@H]1CCCN(c2cccc(OC(C)(C)C(=O)N3CCN(C(=O)OC(C)(C)C)CC3)c2)C1)C1CC1. The van der Waals surface area contributed by atoms with E-state index >= 15 is 0 Å². The number of hydrogen-bond donors (Lipinski definition) is 0. The van der Waals surface area contributed by atoms with Gasteiger partial charge >= 0.3 is 6.09 Å². The van der Waals surface area contributed by atoms with E-state index in [2.05, 4.69) is 31.8 Å². The van der Waals surface area contributed by atoms with Gasteiger partial charge in [0.1, 0.15) is 17.1 Å². The molecule has 5 rings (SSSR count). The van der Waals surface area contributed by atoms with Gasteiger partial charge in [-0.25, -0.2) is 4.79 Å². The zero-order valence-corrected chi connectivity index (χ0v) is 31.8. The quantitative estimate of drug-likeness (QED) is 0.262. The number of anilines is 1. The highest BCUT2D eigenvalue weighted by Gasteiger charge is 2.39. The highest BCUT2D eigenvalue weighted by atomic mass is 79.9. The number of rotatable bonds is 10. The van der Waals surface area contributed by atoms with Crippen LogP contribution >= 0.6 is 15.9 Å². The molecule has 1 aliphatic carbocycles. The van der Waals surface area contributed by atoms with E-state index in [1.165, 1.54) is 0 Å². The highest BCUT2D eigenvalue weighted by Crippen LogP contribution is 2.35. The van der Waals surface area contributed by atoms with Crippen molar-refractivity contribution >= 4 is 39.5 Å². The third-order valence-electron chi connectivity index (χ3n) is 9.06. The third kappa shape index (κ3) is 9.83. The fraction of sp³-hybridized carbons (Fsp3) is 0.605. The second-order valence-electron chi connectivity index (χ2n) is 15.3. The molecule has 10 nitrogen and oxygen atoms in total. The van der Waals surface area contributed by atoms with Crippen LogP contribution in [0.3, 0.4) is 0 Å². The number of hydrogen-bond acceptors (Lipinski definition) is 7. The first-order valence-electron chi connectivity index (χ1n) is 17.7. The van der Waals surface area contributed by atoms with Crippen LogP contribution in [-0.2, 0) is 20.9 Å². The van der Waals surface area contributed by atoms with Crippen molar-refractivity contribution in [3.63, 3.8) is 0 Å². The molecule has 3 aliphatic rings. The Morgan fingerprint density at radius 2 is 1.61 bits per heavy atom. The summed E-state index contributed by atoms with van der Waals surface area (Å²) in [7, 11) is 0. The van der Waals surface area contributed by atoms with Gasteiger partial charge in [0.15, 0.2) is 5.60 Å². The molecule has 3 amide bonds. The molecule has 2 aromatic carbocycles. The molecule has 0 N–H and O–H groups in total. The summed E-state index contributed by atoms with van der Waals surface area (Å²) < 4.78 is 18.9. The van der Waals surface area contributed by atoms with Crippen molar-refractivity contribution in [3.05, 3.63) is 52.5 Å². The molecular weight excluding hydrogens is 688 g/mol. The van der Waals surface area contributed by atoms with E-state index in [4.69, 9.17) is 14.2 Å². The van der Waals surface area contributed by atoms with E-state index < -0.39 is 11.2 Å². The summed E-state index contributed by atoms with van der Waals surface area (Å²) in [5.41, 5.74) is 0.326. The molecule has 2 saturated heterocycles. The predicted octanol–water partition coefficient (Wildman–Crippen LogP) is 6.88. The lowest BCUT2D eigenvalue weighted by atomic mass is 9.95. The molecule has 11 heteroatoms. The number of halogens is 1. The van der Waals surface area contributed by atoms with Crippen molar-refractivity contribution in [1.29, 1.82) is 0 Å². The molecule has 1 atom stereocenters. The van der Waals surface area contributed by atoms with Gasteiger partial charge in [-0.1, -0.05) is 28.1 Å². The van der Waals surface area contributed by atoms with Gasteiger partial charge in [-0.15, -0.1) is 0 Å². The largest absolute Gasteiger partial charge is 0.491 e. The molecule has 0 spiro atoms. The molecule has 2 heterocycles. The number of nitrogens with zero attached hydrogens (tertiary/aromatic N) is 4. The van der Waals surface area contributed by atoms with Crippen molar-refractivity contribution < 1.29 is 28.6 Å². The van der Waals surface area contributed by atoms with Gasteiger partial charge in [0, 0.05) is 73.6 Å². The summed E-state index contributed by atoms with van der Waals surface area (Å²) >= 11 is 3.56. The predicted molar refractivity (Wildman–Crippen MR) is 194 cm³/mol. The van der Waals surface area contributed by atoms with E-state index in [0.717, 1.165) is 53.7 Å². The number of benzene rings is 2. The number of carbonyl (C=O) groups excluding carboxylic acids is 3. The fourth-order valence-corrected chi connectivity index (χ4v) is 6.85. The minimum atomic E-state index is -1.11. The smallest absolute Gasteiger partial charge is 0.410 e. The van der Waals surface area contributed by atoms with Crippen LogP contribution in [0.25, 0.3) is 0 Å². The lowest BCUT2D eigenvalue weighted by molar-refractivity contribution is -0.147. The van der Waals surface area contributed by atoms with E-state index in [-0.39, 0.29) is 36.0 Å². The standard InChI is InChI=1S/C38H53BrN4O6/c1-26(2)47-33-22-29(39)14-13-27(33)25-43(30-15-16-30)34(44)28-10-9-17-42(24-28)31-11-8-12-32(23-31)48-38(6,7)35(45)40-18-20-41(21-19-40)36(46)49-37(3,4)5/h8,11-14,22-23,26,28,30H,9-10,15-21,24-25H2,1-7H3/t28-/m1/s1. The van der Waals surface area contributed by atoms with Gasteiger partial charge < -0.3 is 33.8 Å².